The fourth-order valence-corrected chi connectivity index (χ4v) is 9.45. The summed E-state index contributed by atoms with van der Waals surface area (Å²) >= 11 is 22.8. The Balaban J connectivity index is 0.000000182. The van der Waals surface area contributed by atoms with Gasteiger partial charge in [0.15, 0.2) is 6.29 Å². The van der Waals surface area contributed by atoms with Gasteiger partial charge in [-0.25, -0.2) is 23.1 Å². The van der Waals surface area contributed by atoms with Crippen LogP contribution >= 0.6 is 46.4 Å². The molecule has 0 radical (unpaired) electrons. The largest absolute Gasteiger partial charge is 0.393 e. The summed E-state index contributed by atoms with van der Waals surface area (Å²) < 4.78 is 43.0. The van der Waals surface area contributed by atoms with E-state index in [1.165, 1.54) is 42.5 Å². The number of nitrogens with two attached hydrogens (primary N) is 1. The number of aromatic amines is 1. The van der Waals surface area contributed by atoms with Crippen molar-refractivity contribution in [2.45, 2.75) is 22.3 Å². The van der Waals surface area contributed by atoms with Gasteiger partial charge in [0.05, 0.1) is 27.0 Å². The molecule has 0 aliphatic carbocycles. The number of aldehydes is 1. The lowest BCUT2D eigenvalue weighted by atomic mass is 10.0. The van der Waals surface area contributed by atoms with Gasteiger partial charge < -0.3 is 10.7 Å². The number of nitrogens with zero attached hydrogens (tertiary/aromatic N) is 4. The molecule has 0 saturated carbocycles. The summed E-state index contributed by atoms with van der Waals surface area (Å²) in [6.07, 6.45) is 0.738. The maximum atomic E-state index is 14.4. The van der Waals surface area contributed by atoms with E-state index in [9.17, 15) is 37.7 Å². The molecule has 0 unspecified atom stereocenters. The Morgan fingerprint density at radius 1 is 0.523 bits per heavy atom. The Morgan fingerprint density at radius 2 is 0.988 bits per heavy atom. The number of imidazole rings is 2. The zero-order chi connectivity index (χ0) is 58.7. The van der Waals surface area contributed by atoms with Gasteiger partial charge in [-0.15, -0.1) is 0 Å². The lowest BCUT2D eigenvalue weighted by Gasteiger charge is -2.11. The number of nitro groups is 1. The highest BCUT2D eigenvalue weighted by atomic mass is 35.5. The quantitative estimate of drug-likeness (QED) is 0.0545. The molecule has 86 heavy (non-hydrogen) atoms. The van der Waals surface area contributed by atoms with Gasteiger partial charge in [0.25, 0.3) is 16.8 Å². The van der Waals surface area contributed by atoms with Crippen LogP contribution in [0.15, 0.2) is 224 Å². The lowest BCUT2D eigenvalue weighted by molar-refractivity contribution is -0.383. The Kier molecular flexibility index (Phi) is 22.6. The number of rotatable bonds is 6. The first-order valence-corrected chi connectivity index (χ1v) is 26.5. The summed E-state index contributed by atoms with van der Waals surface area (Å²) in [5, 5.41) is 15.1. The summed E-state index contributed by atoms with van der Waals surface area (Å²) in [7, 11) is 0. The van der Waals surface area contributed by atoms with Crippen molar-refractivity contribution in [3.63, 3.8) is 0 Å². The van der Waals surface area contributed by atoms with Gasteiger partial charge in [0.2, 0.25) is 0 Å². The smallest absolute Gasteiger partial charge is 0.293 e. The predicted molar refractivity (Wildman–Crippen MR) is 346 cm³/mol. The summed E-state index contributed by atoms with van der Waals surface area (Å²) in [5.74, 6) is 0.119. The number of carbonyl (C=O) groups is 3. The monoisotopic (exact) mass is 1230 g/mol. The van der Waals surface area contributed by atoms with E-state index in [4.69, 9.17) is 57.1 Å². The average Bonchev–Trinajstić information content (AvgIpc) is 1.67. The number of hydrogen-bond donors (Lipinski definition) is 2. The average molecular weight is 1230 g/mol. The standard InChI is InChI=1S/C24H14ClFN2O.C17H10ClFN2.C11H7FO.C7H5ClO.C6H5ClN2O2.3CH4/c25-16-10-13-22-21(14-16)27-23(28(22)24(29)15-6-2-1-3-7-15)19-11-12-20(26)18-9-5-4-8-17(18)19;18-10-5-8-15-16(9-10)21-17(20-15)13-6-7-14(19)12-4-2-1-3-11(12)13;12-11-6-5-8(7-13)9-3-1-2-4-10(9)11;8-7(9)6-4-2-1-3-5-6;7-4-1-2-5(8)6(3-4)9(10)11;;;/h1-14H;1-9H,(H,20,21);1-7H;1-5H;1-3H,8H2;3*1H4. The topological polar surface area (TPSA) is 167 Å². The van der Waals surface area contributed by atoms with Crippen LogP contribution in [-0.4, -0.2) is 41.9 Å². The van der Waals surface area contributed by atoms with Crippen LogP contribution in [0.25, 0.3) is 77.2 Å². The van der Waals surface area contributed by atoms with E-state index >= 15 is 0 Å². The predicted octanol–water partition coefficient (Wildman–Crippen LogP) is 20.1. The summed E-state index contributed by atoms with van der Waals surface area (Å²) in [4.78, 5) is 56.6. The Labute approximate surface area is 513 Å². The molecule has 11 aromatic carbocycles. The number of hydrogen-bond acceptors (Lipinski definition) is 8. The molecule has 0 saturated heterocycles. The van der Waals surface area contributed by atoms with Gasteiger partial charge in [0, 0.05) is 65.1 Å². The summed E-state index contributed by atoms with van der Waals surface area (Å²) in [5.41, 5.74) is 11.4. The number of nitro benzene ring substituents is 1. The first kappa shape index (κ1) is 65.5. The van der Waals surface area contributed by atoms with Gasteiger partial charge in [-0.2, -0.15) is 0 Å². The molecule has 13 aromatic rings. The molecule has 0 bridgehead atoms. The molecule has 0 aliphatic heterocycles. The third-order valence-electron chi connectivity index (χ3n) is 12.7. The molecule has 0 atom stereocenters. The van der Waals surface area contributed by atoms with Crippen LogP contribution in [0.3, 0.4) is 0 Å². The van der Waals surface area contributed by atoms with Gasteiger partial charge >= 0.3 is 0 Å². The van der Waals surface area contributed by atoms with Crippen LogP contribution in [0, 0.1) is 27.6 Å². The van der Waals surface area contributed by atoms with Crippen LogP contribution in [0.2, 0.25) is 15.1 Å². The van der Waals surface area contributed by atoms with E-state index in [0.29, 0.717) is 86.9 Å². The highest BCUT2D eigenvalue weighted by Crippen LogP contribution is 2.35. The molecule has 2 aromatic heterocycles. The van der Waals surface area contributed by atoms with E-state index in [2.05, 4.69) is 9.97 Å². The number of H-pyrrole nitrogens is 1. The number of fused-ring (bicyclic) bond motifs is 5. The van der Waals surface area contributed by atoms with E-state index in [0.717, 1.165) is 28.3 Å². The van der Waals surface area contributed by atoms with E-state index in [1.807, 2.05) is 66.7 Å². The third-order valence-corrected chi connectivity index (χ3v) is 13.7. The molecule has 18 heteroatoms. The number of benzene rings is 11. The molecule has 0 amide bonds. The summed E-state index contributed by atoms with van der Waals surface area (Å²) in [6, 6.07) is 63.2. The van der Waals surface area contributed by atoms with Crippen molar-refractivity contribution in [2.75, 3.05) is 5.73 Å². The molecule has 11 nitrogen and oxygen atoms in total. The highest BCUT2D eigenvalue weighted by molar-refractivity contribution is 6.67. The molecule has 0 aliphatic rings. The van der Waals surface area contributed by atoms with Crippen molar-refractivity contribution >= 4 is 130 Å². The second kappa shape index (κ2) is 29.7. The number of nitrogen functional groups attached to an aromatic ring is 1. The Morgan fingerprint density at radius 3 is 1.53 bits per heavy atom. The van der Waals surface area contributed by atoms with E-state index in [1.54, 1.807) is 120 Å². The summed E-state index contributed by atoms with van der Waals surface area (Å²) in [6.45, 7) is 0. The van der Waals surface area contributed by atoms with Crippen molar-refractivity contribution in [3.05, 3.63) is 284 Å². The second-order valence-corrected chi connectivity index (χ2v) is 19.7. The van der Waals surface area contributed by atoms with Gasteiger partial charge in [-0.3, -0.25) is 29.1 Å². The van der Waals surface area contributed by atoms with Crippen molar-refractivity contribution in [1.82, 2.24) is 19.5 Å². The van der Waals surface area contributed by atoms with Crippen LogP contribution in [0.4, 0.5) is 24.5 Å². The highest BCUT2D eigenvalue weighted by Gasteiger charge is 2.22. The number of aromatic nitrogens is 4. The van der Waals surface area contributed by atoms with Crippen LogP contribution in [0.5, 0.6) is 0 Å². The molecule has 434 valence electrons. The molecule has 0 fully saturated rings. The molecule has 0 spiro atoms. The molecule has 2 heterocycles. The van der Waals surface area contributed by atoms with Crippen molar-refractivity contribution < 1.29 is 32.5 Å². The number of nitrogens with one attached hydrogen (secondary N) is 1. The van der Waals surface area contributed by atoms with Crippen LogP contribution in [-0.2, 0) is 0 Å². The number of anilines is 1. The van der Waals surface area contributed by atoms with Gasteiger partial charge in [-0.1, -0.05) is 178 Å². The molecule has 13 rings (SSSR count). The second-order valence-electron chi connectivity index (χ2n) is 18.0. The fraction of sp³-hybridized carbons (Fsp3) is 0.0441. The first-order chi connectivity index (χ1) is 40.1. The SMILES string of the molecule is C.C.C.Fc1ccc(-c2nc3ccc(Cl)cc3[nH]2)c2ccccc12.Nc1ccc(Cl)cc1[N+](=O)[O-].O=C(Cl)c1ccccc1.O=C(c1ccccc1)n1c(-c2ccc(F)c3ccccc23)nc2cc(Cl)ccc21.O=Cc1ccc(F)c2ccccc12. The zero-order valence-electron chi connectivity index (χ0n) is 43.0. The normalized spacial score (nSPS) is 10.3. The van der Waals surface area contributed by atoms with Crippen LogP contribution in [0.1, 0.15) is 53.4 Å². The zero-order valence-corrected chi connectivity index (χ0v) is 46.0. The van der Waals surface area contributed by atoms with Crippen LogP contribution < -0.4 is 5.73 Å². The van der Waals surface area contributed by atoms with Crippen molar-refractivity contribution in [1.29, 1.82) is 0 Å². The first-order valence-electron chi connectivity index (χ1n) is 24.9. The number of halogens is 7. The lowest BCUT2D eigenvalue weighted by Crippen LogP contribution is -2.13. The van der Waals surface area contributed by atoms with Gasteiger partial charge in [0.1, 0.15) is 34.8 Å². The van der Waals surface area contributed by atoms with E-state index < -0.39 is 10.2 Å². The fourth-order valence-electron chi connectivity index (χ4n) is 8.82. The van der Waals surface area contributed by atoms with E-state index in [-0.39, 0.29) is 57.0 Å². The molecular formula is C68H53Cl4F3N6O5. The van der Waals surface area contributed by atoms with Gasteiger partial charge in [-0.05, 0) is 125 Å². The maximum absolute atomic E-state index is 14.4. The van der Waals surface area contributed by atoms with Crippen molar-refractivity contribution in [3.8, 4) is 22.8 Å². The minimum Gasteiger partial charge on any atom is -0.393 e. The minimum absolute atomic E-state index is 0. The minimum atomic E-state index is -0.568. The Hall–Kier alpha value is -9.70. The molecule has 3 N–H and O–H groups in total. The van der Waals surface area contributed by atoms with Crippen molar-refractivity contribution in [2.24, 2.45) is 0 Å². The maximum Gasteiger partial charge on any atom is 0.293 e. The Bertz CT molecular complexity index is 4570. The molecular weight excluding hydrogens is 1180 g/mol. The third kappa shape index (κ3) is 15.0. The number of carbonyl (C=O) groups excluding carboxylic acids is 3.